The number of carbonyl (C=O) groups is 2. The van der Waals surface area contributed by atoms with E-state index in [-0.39, 0.29) is 17.4 Å². The predicted octanol–water partition coefficient (Wildman–Crippen LogP) is 2.27. The summed E-state index contributed by atoms with van der Waals surface area (Å²) in [5, 5.41) is 0. The molecule has 1 rings (SSSR count). The number of carbonyl (C=O) groups excluding carboxylic acids is 2. The Morgan fingerprint density at radius 1 is 1.37 bits per heavy atom. The van der Waals surface area contributed by atoms with Gasteiger partial charge in [0.05, 0.1) is 14.2 Å². The molecule has 104 valence electrons. The van der Waals surface area contributed by atoms with E-state index in [4.69, 9.17) is 9.47 Å². The quantitative estimate of drug-likeness (QED) is 0.764. The largest absolute Gasteiger partial charge is 0.494 e. The van der Waals surface area contributed by atoms with Crippen molar-refractivity contribution >= 4 is 11.8 Å². The maximum Gasteiger partial charge on any atom is 0.360 e. The molecule has 0 aliphatic rings. The molecule has 0 saturated carbocycles. The molecular formula is C14H19NO4. The molecule has 0 aromatic carbocycles. The average molecular weight is 265 g/mol. The van der Waals surface area contributed by atoms with Gasteiger partial charge in [0.25, 0.3) is 0 Å². The second-order valence-electron chi connectivity index (χ2n) is 4.54. The third-order valence-corrected chi connectivity index (χ3v) is 2.86. The van der Waals surface area contributed by atoms with Crippen molar-refractivity contribution in [3.8, 4) is 5.75 Å². The standard InChI is InChI=1S/C14H19NO4/c1-8(6-10(3)16)11-7-9(2)13(18-4)12(15-11)14(17)19-5/h7-8H,6H2,1-5H3. The van der Waals surface area contributed by atoms with E-state index in [9.17, 15) is 9.59 Å². The van der Waals surface area contributed by atoms with Crippen LogP contribution in [0.3, 0.4) is 0 Å². The smallest absolute Gasteiger partial charge is 0.360 e. The minimum absolute atomic E-state index is 0.0505. The van der Waals surface area contributed by atoms with Crippen LogP contribution in [0.4, 0.5) is 0 Å². The third kappa shape index (κ3) is 3.53. The zero-order chi connectivity index (χ0) is 14.6. The topological polar surface area (TPSA) is 65.5 Å². The summed E-state index contributed by atoms with van der Waals surface area (Å²) in [5.74, 6) is -0.102. The maximum atomic E-state index is 11.7. The number of pyridine rings is 1. The molecule has 0 aliphatic carbocycles. The van der Waals surface area contributed by atoms with E-state index >= 15 is 0 Å². The van der Waals surface area contributed by atoms with E-state index in [0.717, 1.165) is 5.56 Å². The van der Waals surface area contributed by atoms with Gasteiger partial charge < -0.3 is 14.3 Å². The summed E-state index contributed by atoms with van der Waals surface area (Å²) < 4.78 is 9.89. The van der Waals surface area contributed by atoms with Gasteiger partial charge >= 0.3 is 5.97 Å². The minimum atomic E-state index is -0.545. The molecule has 0 bridgehead atoms. The molecule has 5 heteroatoms. The van der Waals surface area contributed by atoms with Crippen LogP contribution in [-0.4, -0.2) is 31.0 Å². The predicted molar refractivity (Wildman–Crippen MR) is 70.6 cm³/mol. The van der Waals surface area contributed by atoms with Gasteiger partial charge in [-0.1, -0.05) is 6.92 Å². The first kappa shape index (κ1) is 15.1. The number of nitrogens with zero attached hydrogens (tertiary/aromatic N) is 1. The number of rotatable bonds is 5. The Morgan fingerprint density at radius 2 is 2.00 bits per heavy atom. The highest BCUT2D eigenvalue weighted by Gasteiger charge is 2.21. The number of esters is 1. The Hall–Kier alpha value is -1.91. The monoisotopic (exact) mass is 265 g/mol. The Bertz CT molecular complexity index is 496. The van der Waals surface area contributed by atoms with Crippen LogP contribution in [0, 0.1) is 6.92 Å². The van der Waals surface area contributed by atoms with Crippen LogP contribution in [-0.2, 0) is 9.53 Å². The number of hydrogen-bond acceptors (Lipinski definition) is 5. The number of ketones is 1. The maximum absolute atomic E-state index is 11.7. The summed E-state index contributed by atoms with van der Waals surface area (Å²) in [5.41, 5.74) is 1.63. The lowest BCUT2D eigenvalue weighted by atomic mass is 9.99. The Morgan fingerprint density at radius 3 is 2.47 bits per heavy atom. The van der Waals surface area contributed by atoms with Crippen LogP contribution in [0.15, 0.2) is 6.07 Å². The van der Waals surface area contributed by atoms with Gasteiger partial charge in [0, 0.05) is 18.0 Å². The highest BCUT2D eigenvalue weighted by Crippen LogP contribution is 2.27. The lowest BCUT2D eigenvalue weighted by molar-refractivity contribution is -0.117. The molecule has 1 unspecified atom stereocenters. The first-order valence-corrected chi connectivity index (χ1v) is 6.04. The van der Waals surface area contributed by atoms with E-state index in [1.807, 2.05) is 19.9 Å². The summed E-state index contributed by atoms with van der Waals surface area (Å²) in [4.78, 5) is 27.2. The lowest BCUT2D eigenvalue weighted by Gasteiger charge is -2.15. The van der Waals surface area contributed by atoms with Crippen molar-refractivity contribution in [2.45, 2.75) is 33.1 Å². The fourth-order valence-corrected chi connectivity index (χ4v) is 1.97. The molecule has 1 atom stereocenters. The summed E-state index contributed by atoms with van der Waals surface area (Å²) in [6, 6.07) is 1.83. The molecule has 5 nitrogen and oxygen atoms in total. The molecule has 0 saturated heterocycles. The molecule has 0 aliphatic heterocycles. The van der Waals surface area contributed by atoms with Crippen molar-refractivity contribution in [2.75, 3.05) is 14.2 Å². The van der Waals surface area contributed by atoms with Crippen LogP contribution in [0.1, 0.15) is 47.9 Å². The fraction of sp³-hybridized carbons (Fsp3) is 0.500. The highest BCUT2D eigenvalue weighted by molar-refractivity contribution is 5.90. The van der Waals surface area contributed by atoms with E-state index in [1.165, 1.54) is 21.1 Å². The fourth-order valence-electron chi connectivity index (χ4n) is 1.97. The summed E-state index contributed by atoms with van der Waals surface area (Å²) >= 11 is 0. The van der Waals surface area contributed by atoms with Crippen molar-refractivity contribution in [2.24, 2.45) is 0 Å². The van der Waals surface area contributed by atoms with Crippen LogP contribution in [0.25, 0.3) is 0 Å². The normalized spacial score (nSPS) is 11.8. The van der Waals surface area contributed by atoms with Crippen LogP contribution < -0.4 is 4.74 Å². The molecule has 0 N–H and O–H groups in total. The average Bonchev–Trinajstić information content (AvgIpc) is 2.35. The second-order valence-corrected chi connectivity index (χ2v) is 4.54. The molecule has 0 fully saturated rings. The van der Waals surface area contributed by atoms with Gasteiger partial charge in [-0.2, -0.15) is 0 Å². The third-order valence-electron chi connectivity index (χ3n) is 2.86. The number of ether oxygens (including phenoxy) is 2. The first-order valence-electron chi connectivity index (χ1n) is 6.04. The van der Waals surface area contributed by atoms with E-state index in [0.29, 0.717) is 17.9 Å². The number of aryl methyl sites for hydroxylation is 1. The minimum Gasteiger partial charge on any atom is -0.494 e. The van der Waals surface area contributed by atoms with E-state index in [2.05, 4.69) is 4.98 Å². The molecule has 1 heterocycles. The van der Waals surface area contributed by atoms with Gasteiger partial charge in [-0.25, -0.2) is 9.78 Å². The van der Waals surface area contributed by atoms with Gasteiger partial charge in [-0.05, 0) is 25.5 Å². The molecule has 19 heavy (non-hydrogen) atoms. The van der Waals surface area contributed by atoms with Gasteiger partial charge in [0.15, 0.2) is 11.4 Å². The second kappa shape index (κ2) is 6.31. The zero-order valence-corrected chi connectivity index (χ0v) is 11.9. The first-order chi connectivity index (χ1) is 8.90. The molecule has 0 spiro atoms. The summed E-state index contributed by atoms with van der Waals surface area (Å²) in [7, 11) is 2.78. The van der Waals surface area contributed by atoms with Crippen LogP contribution in [0.2, 0.25) is 0 Å². The van der Waals surface area contributed by atoms with Crippen molar-refractivity contribution in [1.29, 1.82) is 0 Å². The molecule has 1 aromatic heterocycles. The number of hydrogen-bond donors (Lipinski definition) is 0. The molecule has 0 radical (unpaired) electrons. The number of methoxy groups -OCH3 is 2. The summed E-state index contributed by atoms with van der Waals surface area (Å²) in [6.07, 6.45) is 0.388. The summed E-state index contributed by atoms with van der Waals surface area (Å²) in [6.45, 7) is 5.27. The van der Waals surface area contributed by atoms with Crippen LogP contribution >= 0.6 is 0 Å². The Labute approximate surface area is 112 Å². The molecule has 1 aromatic rings. The van der Waals surface area contributed by atoms with Crippen LogP contribution in [0.5, 0.6) is 5.75 Å². The lowest BCUT2D eigenvalue weighted by Crippen LogP contribution is -2.12. The van der Waals surface area contributed by atoms with Gasteiger partial charge in [0.1, 0.15) is 5.78 Å². The zero-order valence-electron chi connectivity index (χ0n) is 11.9. The molecule has 0 amide bonds. The number of aromatic nitrogens is 1. The van der Waals surface area contributed by atoms with Gasteiger partial charge in [0.2, 0.25) is 0 Å². The van der Waals surface area contributed by atoms with E-state index in [1.54, 1.807) is 0 Å². The SMILES string of the molecule is COC(=O)c1nc(C(C)CC(C)=O)cc(C)c1OC. The van der Waals surface area contributed by atoms with Gasteiger partial charge in [-0.3, -0.25) is 0 Å². The van der Waals surface area contributed by atoms with Crippen molar-refractivity contribution in [1.82, 2.24) is 4.98 Å². The van der Waals surface area contributed by atoms with Crippen molar-refractivity contribution in [3.63, 3.8) is 0 Å². The highest BCUT2D eigenvalue weighted by atomic mass is 16.5. The van der Waals surface area contributed by atoms with Crippen molar-refractivity contribution in [3.05, 3.63) is 23.0 Å². The number of Topliss-reactive ketones (excluding diaryl/α,β-unsaturated/α-hetero) is 1. The molecular weight excluding hydrogens is 246 g/mol. The van der Waals surface area contributed by atoms with E-state index < -0.39 is 5.97 Å². The Balaban J connectivity index is 3.26. The van der Waals surface area contributed by atoms with Crippen molar-refractivity contribution < 1.29 is 19.1 Å². The Kier molecular flexibility index (Phi) is 5.03. The van der Waals surface area contributed by atoms with Gasteiger partial charge in [-0.15, -0.1) is 0 Å².